The first-order chi connectivity index (χ1) is 16.9. The van der Waals surface area contributed by atoms with E-state index < -0.39 is 7.14 Å². The van der Waals surface area contributed by atoms with Crippen molar-refractivity contribution in [2.75, 3.05) is 13.3 Å². The molecule has 0 saturated carbocycles. The van der Waals surface area contributed by atoms with E-state index in [4.69, 9.17) is 0 Å². The van der Waals surface area contributed by atoms with Crippen LogP contribution in [-0.2, 0) is 4.57 Å². The maximum absolute atomic E-state index is 12.9. The SMILES string of the molecule is CC1C(c2c3ccccc3c(-c3cccc(P(C)(C)=O)c3)c3ccccc23)C=CC2C=CC=CC21. The van der Waals surface area contributed by atoms with Gasteiger partial charge < -0.3 is 4.57 Å². The van der Waals surface area contributed by atoms with Crippen LogP contribution in [0.4, 0.5) is 0 Å². The molecule has 174 valence electrons. The lowest BCUT2D eigenvalue weighted by Crippen LogP contribution is -2.27. The maximum Gasteiger partial charge on any atom is 0.109 e. The van der Waals surface area contributed by atoms with Gasteiger partial charge in [-0.1, -0.05) is 110 Å². The van der Waals surface area contributed by atoms with Crippen LogP contribution in [0.25, 0.3) is 32.7 Å². The summed E-state index contributed by atoms with van der Waals surface area (Å²) in [5.41, 5.74) is 3.80. The molecule has 0 bridgehead atoms. The molecule has 0 spiro atoms. The first-order valence-electron chi connectivity index (χ1n) is 12.6. The minimum Gasteiger partial charge on any atom is -0.319 e. The van der Waals surface area contributed by atoms with E-state index in [2.05, 4.69) is 110 Å². The van der Waals surface area contributed by atoms with Crippen molar-refractivity contribution in [1.29, 1.82) is 0 Å². The van der Waals surface area contributed by atoms with Crippen LogP contribution in [0.2, 0.25) is 0 Å². The van der Waals surface area contributed by atoms with Gasteiger partial charge in [-0.15, -0.1) is 0 Å². The fourth-order valence-corrected chi connectivity index (χ4v) is 7.11. The molecule has 1 nitrogen and oxygen atoms in total. The van der Waals surface area contributed by atoms with Crippen LogP contribution in [0.3, 0.4) is 0 Å². The Labute approximate surface area is 208 Å². The molecule has 0 aliphatic heterocycles. The summed E-state index contributed by atoms with van der Waals surface area (Å²) in [6.45, 7) is 6.12. The fourth-order valence-electron chi connectivity index (χ4n) is 6.21. The minimum atomic E-state index is -2.36. The highest BCUT2D eigenvalue weighted by Crippen LogP contribution is 2.49. The predicted octanol–water partition coefficient (Wildman–Crippen LogP) is 8.56. The van der Waals surface area contributed by atoms with Gasteiger partial charge in [-0.25, -0.2) is 0 Å². The molecule has 4 atom stereocenters. The predicted molar refractivity (Wildman–Crippen MR) is 152 cm³/mol. The molecule has 0 N–H and O–H groups in total. The largest absolute Gasteiger partial charge is 0.319 e. The number of benzene rings is 4. The number of allylic oxidation sites excluding steroid dienone is 6. The minimum absolute atomic E-state index is 0.342. The smallest absolute Gasteiger partial charge is 0.109 e. The molecule has 4 aromatic carbocycles. The number of hydrogen-bond donors (Lipinski definition) is 0. The highest BCUT2D eigenvalue weighted by atomic mass is 31.2. The lowest BCUT2D eigenvalue weighted by atomic mass is 9.66. The van der Waals surface area contributed by atoms with Gasteiger partial charge in [-0.05, 0) is 69.5 Å². The second-order valence-corrected chi connectivity index (χ2v) is 13.7. The fraction of sp³-hybridized carbons (Fsp3) is 0.212. The molecule has 35 heavy (non-hydrogen) atoms. The van der Waals surface area contributed by atoms with Crippen LogP contribution in [0.15, 0.2) is 109 Å². The van der Waals surface area contributed by atoms with E-state index in [0.29, 0.717) is 23.7 Å². The first kappa shape index (κ1) is 22.3. The second kappa shape index (κ2) is 8.51. The van der Waals surface area contributed by atoms with E-state index in [-0.39, 0.29) is 0 Å². The molecule has 2 aliphatic rings. The number of rotatable bonds is 3. The molecule has 2 aliphatic carbocycles. The highest BCUT2D eigenvalue weighted by molar-refractivity contribution is 7.70. The molecular formula is C33H31OP. The second-order valence-electron chi connectivity index (χ2n) is 10.5. The topological polar surface area (TPSA) is 17.1 Å². The summed E-state index contributed by atoms with van der Waals surface area (Å²) in [5.74, 6) is 1.85. The van der Waals surface area contributed by atoms with Crippen LogP contribution in [0, 0.1) is 17.8 Å². The summed E-state index contributed by atoms with van der Waals surface area (Å²) in [5, 5.41) is 6.10. The molecule has 4 aromatic rings. The molecule has 4 unspecified atom stereocenters. The Morgan fingerprint density at radius 3 is 1.97 bits per heavy atom. The summed E-state index contributed by atoms with van der Waals surface area (Å²) < 4.78 is 12.9. The summed E-state index contributed by atoms with van der Waals surface area (Å²) in [6, 6.07) is 26.1. The third-order valence-corrected chi connectivity index (χ3v) is 9.52. The van der Waals surface area contributed by atoms with Crippen LogP contribution >= 0.6 is 7.14 Å². The monoisotopic (exact) mass is 474 g/mol. The third-order valence-electron chi connectivity index (χ3n) is 8.00. The van der Waals surface area contributed by atoms with Gasteiger partial charge in [0.15, 0.2) is 0 Å². The molecule has 6 rings (SSSR count). The Morgan fingerprint density at radius 1 is 0.686 bits per heavy atom. The average molecular weight is 475 g/mol. The molecule has 0 fully saturated rings. The van der Waals surface area contributed by atoms with Crippen LogP contribution in [-0.4, -0.2) is 13.3 Å². The van der Waals surface area contributed by atoms with E-state index in [1.165, 1.54) is 32.7 Å². The van der Waals surface area contributed by atoms with Gasteiger partial charge in [0, 0.05) is 17.1 Å². The maximum atomic E-state index is 12.9. The molecule has 2 heteroatoms. The van der Waals surface area contributed by atoms with E-state index in [0.717, 1.165) is 10.9 Å². The standard InChI is InChI=1S/C33H31OP/c1-22-26-14-5-4-11-23(26)19-20-27(22)33-30-17-8-6-15-28(30)32(29-16-7-9-18-31(29)33)24-12-10-13-25(21-24)35(2,3)34/h4-23,26-27H,1-3H3. The van der Waals surface area contributed by atoms with Crippen molar-refractivity contribution in [3.63, 3.8) is 0 Å². The van der Waals surface area contributed by atoms with E-state index >= 15 is 0 Å². The zero-order chi connectivity index (χ0) is 24.2. The number of hydrogen-bond acceptors (Lipinski definition) is 1. The van der Waals surface area contributed by atoms with Crippen molar-refractivity contribution in [3.05, 3.63) is 115 Å². The van der Waals surface area contributed by atoms with Gasteiger partial charge in [-0.3, -0.25) is 0 Å². The summed E-state index contributed by atoms with van der Waals surface area (Å²) in [4.78, 5) is 0. The van der Waals surface area contributed by atoms with Crippen molar-refractivity contribution < 1.29 is 4.57 Å². The van der Waals surface area contributed by atoms with Gasteiger partial charge >= 0.3 is 0 Å². The van der Waals surface area contributed by atoms with Gasteiger partial charge in [0.1, 0.15) is 7.14 Å². The Bertz CT molecular complexity index is 1520. The molecule has 0 aromatic heterocycles. The molecule has 0 radical (unpaired) electrons. The van der Waals surface area contributed by atoms with Gasteiger partial charge in [0.05, 0.1) is 0 Å². The average Bonchev–Trinajstić information content (AvgIpc) is 2.87. The zero-order valence-corrected chi connectivity index (χ0v) is 21.5. The highest BCUT2D eigenvalue weighted by Gasteiger charge is 2.34. The Morgan fingerprint density at radius 2 is 1.31 bits per heavy atom. The van der Waals surface area contributed by atoms with Crippen molar-refractivity contribution in [3.8, 4) is 11.1 Å². The number of fused-ring (bicyclic) bond motifs is 3. The Balaban J connectivity index is 1.66. The van der Waals surface area contributed by atoms with E-state index in [9.17, 15) is 4.57 Å². The van der Waals surface area contributed by atoms with Crippen molar-refractivity contribution in [2.24, 2.45) is 17.8 Å². The molecular weight excluding hydrogens is 443 g/mol. The van der Waals surface area contributed by atoms with Crippen molar-refractivity contribution >= 4 is 34.0 Å². The van der Waals surface area contributed by atoms with Gasteiger partial charge in [0.25, 0.3) is 0 Å². The van der Waals surface area contributed by atoms with Crippen molar-refractivity contribution in [2.45, 2.75) is 12.8 Å². The zero-order valence-electron chi connectivity index (χ0n) is 20.6. The summed E-state index contributed by atoms with van der Waals surface area (Å²) >= 11 is 0. The summed E-state index contributed by atoms with van der Waals surface area (Å²) in [6.07, 6.45) is 14.0. The third kappa shape index (κ3) is 3.74. The normalized spacial score (nSPS) is 23.6. The van der Waals surface area contributed by atoms with E-state index in [1.807, 2.05) is 19.4 Å². The quantitative estimate of drug-likeness (QED) is 0.165. The molecule has 0 heterocycles. The lowest BCUT2D eigenvalue weighted by molar-refractivity contribution is 0.332. The molecule has 0 saturated heterocycles. The first-order valence-corrected chi connectivity index (χ1v) is 15.2. The van der Waals surface area contributed by atoms with Gasteiger partial charge in [-0.2, -0.15) is 0 Å². The molecule has 0 amide bonds. The van der Waals surface area contributed by atoms with Crippen molar-refractivity contribution in [1.82, 2.24) is 0 Å². The Kier molecular flexibility index (Phi) is 5.42. The van der Waals surface area contributed by atoms with Gasteiger partial charge in [0.2, 0.25) is 0 Å². The Hall–Kier alpha value is -3.15. The van der Waals surface area contributed by atoms with Crippen LogP contribution in [0.1, 0.15) is 18.4 Å². The van der Waals surface area contributed by atoms with Crippen LogP contribution < -0.4 is 5.30 Å². The lowest BCUT2D eigenvalue weighted by Gasteiger charge is -2.37. The van der Waals surface area contributed by atoms with Crippen LogP contribution in [0.5, 0.6) is 0 Å². The summed E-state index contributed by atoms with van der Waals surface area (Å²) in [7, 11) is -2.36. The van der Waals surface area contributed by atoms with E-state index in [1.54, 1.807) is 0 Å².